The van der Waals surface area contributed by atoms with E-state index in [1.54, 1.807) is 0 Å². The molecule has 0 aromatic heterocycles. The van der Waals surface area contributed by atoms with Gasteiger partial charge in [0.15, 0.2) is 5.11 Å². The van der Waals surface area contributed by atoms with Crippen molar-refractivity contribution in [3.8, 4) is 0 Å². The van der Waals surface area contributed by atoms with Crippen LogP contribution in [0.5, 0.6) is 0 Å². The maximum absolute atomic E-state index is 5.48. The molecule has 3 aliphatic rings. The quantitative estimate of drug-likeness (QED) is 0.687. The number of hydrogen-bond acceptors (Lipinski definition) is 1. The maximum atomic E-state index is 5.48. The lowest BCUT2D eigenvalue weighted by atomic mass is 9.96. The van der Waals surface area contributed by atoms with Gasteiger partial charge in [0.2, 0.25) is 0 Å². The Morgan fingerprint density at radius 2 is 1.73 bits per heavy atom. The van der Waals surface area contributed by atoms with Gasteiger partial charge in [-0.2, -0.15) is 0 Å². The lowest BCUT2D eigenvalue weighted by molar-refractivity contribution is 0.385. The van der Waals surface area contributed by atoms with Crippen LogP contribution in [0.15, 0.2) is 0 Å². The first-order valence-corrected chi connectivity index (χ1v) is 6.79. The van der Waals surface area contributed by atoms with Crippen molar-refractivity contribution in [2.45, 2.75) is 44.6 Å². The monoisotopic (exact) mass is 224 g/mol. The Kier molecular flexibility index (Phi) is 2.59. The van der Waals surface area contributed by atoms with Crippen LogP contribution in [-0.2, 0) is 0 Å². The van der Waals surface area contributed by atoms with E-state index in [2.05, 4.69) is 10.2 Å². The minimum absolute atomic E-state index is 0.670. The van der Waals surface area contributed by atoms with E-state index < -0.39 is 0 Å². The summed E-state index contributed by atoms with van der Waals surface area (Å²) < 4.78 is 0. The second-order valence-electron chi connectivity index (χ2n) is 5.45. The third kappa shape index (κ3) is 2.12. The average Bonchev–Trinajstić information content (AvgIpc) is 2.87. The van der Waals surface area contributed by atoms with E-state index in [0.717, 1.165) is 16.9 Å². The molecule has 1 saturated heterocycles. The summed E-state index contributed by atoms with van der Waals surface area (Å²) in [5.41, 5.74) is 0. The zero-order chi connectivity index (χ0) is 10.3. The van der Waals surface area contributed by atoms with Gasteiger partial charge in [0.1, 0.15) is 0 Å². The number of thiocarbonyl (C=S) groups is 1. The SMILES string of the molecule is S=C(NC1CCCCC1)N1CC2CC2C1. The van der Waals surface area contributed by atoms with Crippen molar-refractivity contribution >= 4 is 17.3 Å². The molecule has 2 aliphatic carbocycles. The summed E-state index contributed by atoms with van der Waals surface area (Å²) in [4.78, 5) is 2.39. The Morgan fingerprint density at radius 1 is 1.07 bits per heavy atom. The number of nitrogens with one attached hydrogen (secondary N) is 1. The normalized spacial score (nSPS) is 35.1. The molecular formula is C12H20N2S. The van der Waals surface area contributed by atoms with E-state index in [9.17, 15) is 0 Å². The van der Waals surface area contributed by atoms with Crippen LogP contribution < -0.4 is 5.32 Å². The van der Waals surface area contributed by atoms with E-state index in [4.69, 9.17) is 12.2 Å². The first-order chi connectivity index (χ1) is 7.33. The Balaban J connectivity index is 1.47. The summed E-state index contributed by atoms with van der Waals surface area (Å²) in [7, 11) is 0. The van der Waals surface area contributed by atoms with Crippen molar-refractivity contribution < 1.29 is 0 Å². The molecule has 3 fully saturated rings. The highest BCUT2D eigenvalue weighted by molar-refractivity contribution is 7.80. The fourth-order valence-corrected chi connectivity index (χ4v) is 3.39. The van der Waals surface area contributed by atoms with Crippen LogP contribution in [-0.4, -0.2) is 29.1 Å². The van der Waals surface area contributed by atoms with Crippen molar-refractivity contribution in [1.82, 2.24) is 10.2 Å². The molecule has 2 saturated carbocycles. The van der Waals surface area contributed by atoms with Crippen LogP contribution in [0.25, 0.3) is 0 Å². The fourth-order valence-electron chi connectivity index (χ4n) is 3.08. The predicted molar refractivity (Wildman–Crippen MR) is 65.8 cm³/mol. The van der Waals surface area contributed by atoms with E-state index in [1.165, 1.54) is 51.6 Å². The van der Waals surface area contributed by atoms with Gasteiger partial charge < -0.3 is 10.2 Å². The topological polar surface area (TPSA) is 15.3 Å². The molecule has 3 rings (SSSR count). The average molecular weight is 224 g/mol. The third-order valence-electron chi connectivity index (χ3n) is 4.20. The van der Waals surface area contributed by atoms with Gasteiger partial charge in [-0.15, -0.1) is 0 Å². The third-order valence-corrected chi connectivity index (χ3v) is 4.57. The van der Waals surface area contributed by atoms with Crippen LogP contribution in [0.2, 0.25) is 0 Å². The smallest absolute Gasteiger partial charge is 0.169 e. The van der Waals surface area contributed by atoms with Gasteiger partial charge in [-0.3, -0.25) is 0 Å². The van der Waals surface area contributed by atoms with Crippen molar-refractivity contribution in [1.29, 1.82) is 0 Å². The van der Waals surface area contributed by atoms with Crippen LogP contribution >= 0.6 is 12.2 Å². The largest absolute Gasteiger partial charge is 0.360 e. The molecule has 0 bridgehead atoms. The predicted octanol–water partition coefficient (Wildman–Crippen LogP) is 2.15. The number of fused-ring (bicyclic) bond motifs is 1. The number of likely N-dealkylation sites (tertiary alicyclic amines) is 1. The summed E-state index contributed by atoms with van der Waals surface area (Å²) in [5, 5.41) is 4.60. The molecule has 0 radical (unpaired) electrons. The minimum atomic E-state index is 0.670. The first kappa shape index (κ1) is 9.88. The Bertz CT molecular complexity index is 250. The molecule has 1 heterocycles. The van der Waals surface area contributed by atoms with Crippen LogP contribution in [0.4, 0.5) is 0 Å². The summed E-state index contributed by atoms with van der Waals surface area (Å²) in [6.45, 7) is 2.45. The van der Waals surface area contributed by atoms with Gasteiger partial charge in [0.25, 0.3) is 0 Å². The maximum Gasteiger partial charge on any atom is 0.169 e. The van der Waals surface area contributed by atoms with Crippen molar-refractivity contribution in [2.24, 2.45) is 11.8 Å². The van der Waals surface area contributed by atoms with Crippen molar-refractivity contribution in [3.05, 3.63) is 0 Å². The standard InChI is InChI=1S/C12H20N2S/c15-12(13-11-4-2-1-3-5-11)14-7-9-6-10(9)8-14/h9-11H,1-8H2,(H,13,15). The van der Waals surface area contributed by atoms with Gasteiger partial charge in [0, 0.05) is 19.1 Å². The Morgan fingerprint density at radius 3 is 2.40 bits per heavy atom. The van der Waals surface area contributed by atoms with Crippen LogP contribution in [0, 0.1) is 11.8 Å². The number of hydrogen-bond donors (Lipinski definition) is 1. The molecule has 2 atom stereocenters. The summed E-state index contributed by atoms with van der Waals surface area (Å²) >= 11 is 5.48. The van der Waals surface area contributed by atoms with Crippen molar-refractivity contribution in [3.63, 3.8) is 0 Å². The molecule has 2 unspecified atom stereocenters. The second kappa shape index (κ2) is 3.93. The highest BCUT2D eigenvalue weighted by Gasteiger charge is 2.45. The summed E-state index contributed by atoms with van der Waals surface area (Å²) in [6, 6.07) is 0.670. The second-order valence-corrected chi connectivity index (χ2v) is 5.83. The fraction of sp³-hybridized carbons (Fsp3) is 0.917. The molecule has 84 valence electrons. The van der Waals surface area contributed by atoms with Gasteiger partial charge in [0.05, 0.1) is 0 Å². The van der Waals surface area contributed by atoms with Gasteiger partial charge >= 0.3 is 0 Å². The summed E-state index contributed by atoms with van der Waals surface area (Å²) in [6.07, 6.45) is 8.28. The van der Waals surface area contributed by atoms with Gasteiger partial charge in [-0.1, -0.05) is 19.3 Å². The Labute approximate surface area is 97.4 Å². The Hall–Kier alpha value is -0.310. The minimum Gasteiger partial charge on any atom is -0.360 e. The molecule has 3 heteroatoms. The highest BCUT2D eigenvalue weighted by atomic mass is 32.1. The molecule has 0 aromatic carbocycles. The van der Waals surface area contributed by atoms with Crippen molar-refractivity contribution in [2.75, 3.05) is 13.1 Å². The number of piperidine rings is 1. The zero-order valence-electron chi connectivity index (χ0n) is 9.24. The van der Waals surface area contributed by atoms with Gasteiger partial charge in [-0.05, 0) is 43.3 Å². The lowest BCUT2D eigenvalue weighted by Crippen LogP contribution is -2.44. The molecule has 0 amide bonds. The van der Waals surface area contributed by atoms with E-state index in [-0.39, 0.29) is 0 Å². The highest BCUT2D eigenvalue weighted by Crippen LogP contribution is 2.44. The van der Waals surface area contributed by atoms with E-state index in [0.29, 0.717) is 6.04 Å². The number of nitrogens with zero attached hydrogens (tertiary/aromatic N) is 1. The molecule has 15 heavy (non-hydrogen) atoms. The molecule has 0 spiro atoms. The van der Waals surface area contributed by atoms with Crippen LogP contribution in [0.1, 0.15) is 38.5 Å². The van der Waals surface area contributed by atoms with Crippen LogP contribution in [0.3, 0.4) is 0 Å². The van der Waals surface area contributed by atoms with E-state index >= 15 is 0 Å². The molecular weight excluding hydrogens is 204 g/mol. The molecule has 2 nitrogen and oxygen atoms in total. The molecule has 1 aliphatic heterocycles. The summed E-state index contributed by atoms with van der Waals surface area (Å²) in [5.74, 6) is 1.97. The van der Waals surface area contributed by atoms with E-state index in [1.807, 2.05) is 0 Å². The molecule has 1 N–H and O–H groups in total. The zero-order valence-corrected chi connectivity index (χ0v) is 10.1. The number of rotatable bonds is 1. The first-order valence-electron chi connectivity index (χ1n) is 6.38. The molecule has 0 aromatic rings. The van der Waals surface area contributed by atoms with Gasteiger partial charge in [-0.25, -0.2) is 0 Å². The lowest BCUT2D eigenvalue weighted by Gasteiger charge is -2.29.